The number of carbonyl (C=O) groups is 1. The molecule has 0 aliphatic heterocycles. The third-order valence-electron chi connectivity index (χ3n) is 1.60. The Morgan fingerprint density at radius 2 is 1.71 bits per heavy atom. The minimum absolute atomic E-state index is 0.191. The Labute approximate surface area is 81.3 Å². The second-order valence-electron chi connectivity index (χ2n) is 2.35. The molecule has 76 valence electrons. The summed E-state index contributed by atoms with van der Waals surface area (Å²) in [5.41, 5.74) is 0.203. The molecule has 0 aliphatic carbocycles. The van der Waals surface area contributed by atoms with Crippen molar-refractivity contribution in [2.45, 2.75) is 0 Å². The molecule has 1 aromatic rings. The van der Waals surface area contributed by atoms with Crippen molar-refractivity contribution in [2.24, 2.45) is 0 Å². The van der Waals surface area contributed by atoms with Gasteiger partial charge in [0.25, 0.3) is 0 Å². The van der Waals surface area contributed by atoms with Crippen LogP contribution < -0.4 is 14.8 Å². The van der Waals surface area contributed by atoms with E-state index in [0.29, 0.717) is 12.2 Å². The van der Waals surface area contributed by atoms with E-state index in [4.69, 9.17) is 9.47 Å². The number of anilines is 1. The number of aromatic nitrogens is 2. The van der Waals surface area contributed by atoms with Crippen molar-refractivity contribution in [1.29, 1.82) is 0 Å². The maximum atomic E-state index is 10.7. The molecule has 0 bridgehead atoms. The zero-order valence-corrected chi connectivity index (χ0v) is 8.20. The number of aldehydes is 1. The summed E-state index contributed by atoms with van der Waals surface area (Å²) >= 11 is 0. The van der Waals surface area contributed by atoms with E-state index in [1.807, 2.05) is 0 Å². The maximum absolute atomic E-state index is 10.7. The van der Waals surface area contributed by atoms with Crippen LogP contribution in [-0.4, -0.2) is 37.5 Å². The van der Waals surface area contributed by atoms with Crippen LogP contribution in [0.15, 0.2) is 0 Å². The molecule has 0 radical (unpaired) electrons. The maximum Gasteiger partial charge on any atom is 0.232 e. The van der Waals surface area contributed by atoms with Crippen LogP contribution in [0.2, 0.25) is 0 Å². The minimum atomic E-state index is 0.191. The van der Waals surface area contributed by atoms with E-state index in [-0.39, 0.29) is 17.3 Å². The molecule has 1 heterocycles. The summed E-state index contributed by atoms with van der Waals surface area (Å²) in [5.74, 6) is 0.719. The fourth-order valence-electron chi connectivity index (χ4n) is 0.953. The first-order valence-electron chi connectivity index (χ1n) is 3.89. The Morgan fingerprint density at radius 3 is 2.00 bits per heavy atom. The number of rotatable bonds is 4. The van der Waals surface area contributed by atoms with E-state index in [1.54, 1.807) is 7.05 Å². The molecule has 0 amide bonds. The molecule has 0 spiro atoms. The second-order valence-corrected chi connectivity index (χ2v) is 2.35. The average Bonchev–Trinajstić information content (AvgIpc) is 2.26. The molecule has 1 rings (SSSR count). The van der Waals surface area contributed by atoms with Gasteiger partial charge in [-0.3, -0.25) is 4.79 Å². The first kappa shape index (κ1) is 10.2. The van der Waals surface area contributed by atoms with Gasteiger partial charge in [-0.2, -0.15) is 9.97 Å². The Kier molecular flexibility index (Phi) is 3.22. The summed E-state index contributed by atoms with van der Waals surface area (Å²) < 4.78 is 9.84. The average molecular weight is 197 g/mol. The van der Waals surface area contributed by atoms with Crippen molar-refractivity contribution >= 4 is 12.2 Å². The summed E-state index contributed by atoms with van der Waals surface area (Å²) in [4.78, 5) is 18.6. The zero-order chi connectivity index (χ0) is 10.6. The SMILES string of the molecule is CNc1nc(OC)c(C=O)c(OC)n1. The number of hydrogen-bond acceptors (Lipinski definition) is 6. The van der Waals surface area contributed by atoms with E-state index in [1.165, 1.54) is 14.2 Å². The Bertz CT molecular complexity index is 316. The molecule has 14 heavy (non-hydrogen) atoms. The van der Waals surface area contributed by atoms with Crippen molar-refractivity contribution in [1.82, 2.24) is 9.97 Å². The normalized spacial score (nSPS) is 9.36. The summed E-state index contributed by atoms with van der Waals surface area (Å²) in [6, 6.07) is 0. The lowest BCUT2D eigenvalue weighted by molar-refractivity contribution is 0.111. The van der Waals surface area contributed by atoms with Gasteiger partial charge in [0.2, 0.25) is 17.7 Å². The third kappa shape index (κ3) is 1.73. The zero-order valence-electron chi connectivity index (χ0n) is 8.20. The van der Waals surface area contributed by atoms with E-state index >= 15 is 0 Å². The van der Waals surface area contributed by atoms with Gasteiger partial charge in [0.05, 0.1) is 14.2 Å². The lowest BCUT2D eigenvalue weighted by atomic mass is 10.3. The molecule has 1 aromatic heterocycles. The van der Waals surface area contributed by atoms with Crippen LogP contribution in [0.3, 0.4) is 0 Å². The molecule has 6 nitrogen and oxygen atoms in total. The van der Waals surface area contributed by atoms with Crippen LogP contribution in [0.4, 0.5) is 5.95 Å². The molecule has 0 fully saturated rings. The van der Waals surface area contributed by atoms with Gasteiger partial charge in [-0.25, -0.2) is 0 Å². The van der Waals surface area contributed by atoms with Gasteiger partial charge in [0, 0.05) is 7.05 Å². The van der Waals surface area contributed by atoms with Crippen molar-refractivity contribution < 1.29 is 14.3 Å². The fraction of sp³-hybridized carbons (Fsp3) is 0.375. The standard InChI is InChI=1S/C8H11N3O3/c1-9-8-10-6(13-2)5(4-12)7(11-8)14-3/h4H,1-3H3,(H,9,10,11). The molecule has 6 heteroatoms. The summed E-state index contributed by atoms with van der Waals surface area (Å²) in [6.07, 6.45) is 0.594. The van der Waals surface area contributed by atoms with Gasteiger partial charge < -0.3 is 14.8 Å². The summed E-state index contributed by atoms with van der Waals surface area (Å²) in [5, 5.41) is 2.73. The van der Waals surface area contributed by atoms with Gasteiger partial charge >= 0.3 is 0 Å². The highest BCUT2D eigenvalue weighted by Gasteiger charge is 2.14. The molecular weight excluding hydrogens is 186 g/mol. The highest BCUT2D eigenvalue weighted by Crippen LogP contribution is 2.23. The minimum Gasteiger partial charge on any atom is -0.480 e. The smallest absolute Gasteiger partial charge is 0.232 e. The van der Waals surface area contributed by atoms with Gasteiger partial charge in [-0.15, -0.1) is 0 Å². The van der Waals surface area contributed by atoms with Gasteiger partial charge in [0.15, 0.2) is 6.29 Å². The quantitative estimate of drug-likeness (QED) is 0.702. The predicted octanol–water partition coefficient (Wildman–Crippen LogP) is 0.348. The van der Waals surface area contributed by atoms with Gasteiger partial charge in [-0.05, 0) is 0 Å². The Morgan fingerprint density at radius 1 is 1.21 bits per heavy atom. The molecule has 1 N–H and O–H groups in total. The topological polar surface area (TPSA) is 73.3 Å². The second kappa shape index (κ2) is 4.40. The Balaban J connectivity index is 3.31. The lowest BCUT2D eigenvalue weighted by Gasteiger charge is -2.08. The third-order valence-corrected chi connectivity index (χ3v) is 1.60. The monoisotopic (exact) mass is 197 g/mol. The lowest BCUT2D eigenvalue weighted by Crippen LogP contribution is -2.05. The number of nitrogens with zero attached hydrogens (tertiary/aromatic N) is 2. The number of methoxy groups -OCH3 is 2. The highest BCUT2D eigenvalue weighted by atomic mass is 16.5. The number of ether oxygens (including phenoxy) is 2. The summed E-state index contributed by atoms with van der Waals surface area (Å²) in [6.45, 7) is 0. The molecule has 0 unspecified atom stereocenters. The number of nitrogens with one attached hydrogen (secondary N) is 1. The first-order chi connectivity index (χ1) is 6.76. The first-order valence-corrected chi connectivity index (χ1v) is 3.89. The van der Waals surface area contributed by atoms with Crippen molar-refractivity contribution in [2.75, 3.05) is 26.6 Å². The predicted molar refractivity (Wildman–Crippen MR) is 50.1 cm³/mol. The van der Waals surface area contributed by atoms with Crippen molar-refractivity contribution in [3.05, 3.63) is 5.56 Å². The van der Waals surface area contributed by atoms with E-state index in [9.17, 15) is 4.79 Å². The summed E-state index contributed by atoms with van der Waals surface area (Å²) in [7, 11) is 4.51. The van der Waals surface area contributed by atoms with Crippen LogP contribution in [0.1, 0.15) is 10.4 Å². The van der Waals surface area contributed by atoms with E-state index < -0.39 is 0 Å². The van der Waals surface area contributed by atoms with Crippen LogP contribution in [-0.2, 0) is 0 Å². The fourth-order valence-corrected chi connectivity index (χ4v) is 0.953. The van der Waals surface area contributed by atoms with Gasteiger partial charge in [-0.1, -0.05) is 0 Å². The van der Waals surface area contributed by atoms with Gasteiger partial charge in [0.1, 0.15) is 5.56 Å². The van der Waals surface area contributed by atoms with E-state index in [0.717, 1.165) is 0 Å². The largest absolute Gasteiger partial charge is 0.480 e. The molecule has 0 saturated heterocycles. The molecule has 0 aromatic carbocycles. The van der Waals surface area contributed by atoms with Crippen molar-refractivity contribution in [3.8, 4) is 11.8 Å². The molecule has 0 saturated carbocycles. The van der Waals surface area contributed by atoms with Crippen LogP contribution in [0.5, 0.6) is 11.8 Å². The Hall–Kier alpha value is -1.85. The molecule has 0 aliphatic rings. The van der Waals surface area contributed by atoms with E-state index in [2.05, 4.69) is 15.3 Å². The van der Waals surface area contributed by atoms with Crippen LogP contribution in [0.25, 0.3) is 0 Å². The number of carbonyl (C=O) groups excluding carboxylic acids is 1. The molecule has 0 atom stereocenters. The van der Waals surface area contributed by atoms with Crippen LogP contribution >= 0.6 is 0 Å². The van der Waals surface area contributed by atoms with Crippen LogP contribution in [0, 0.1) is 0 Å². The number of hydrogen-bond donors (Lipinski definition) is 1. The highest BCUT2D eigenvalue weighted by molar-refractivity contribution is 5.82. The van der Waals surface area contributed by atoms with Crippen molar-refractivity contribution in [3.63, 3.8) is 0 Å². The molecular formula is C8H11N3O3.